The van der Waals surface area contributed by atoms with Crippen molar-refractivity contribution < 1.29 is 9.13 Å². The van der Waals surface area contributed by atoms with Crippen molar-refractivity contribution in [3.63, 3.8) is 0 Å². The second-order valence-corrected chi connectivity index (χ2v) is 9.56. The number of nitrogens with zero attached hydrogens (tertiary/aromatic N) is 5. The van der Waals surface area contributed by atoms with E-state index in [4.69, 9.17) is 4.74 Å². The van der Waals surface area contributed by atoms with Gasteiger partial charge in [-0.3, -0.25) is 20.1 Å². The van der Waals surface area contributed by atoms with E-state index >= 15 is 0 Å². The lowest BCUT2D eigenvalue weighted by molar-refractivity contribution is 0.237. The number of halogens is 1. The van der Waals surface area contributed by atoms with Crippen molar-refractivity contribution in [3.05, 3.63) is 67.0 Å². The largest absolute Gasteiger partial charge is 0.492 e. The van der Waals surface area contributed by atoms with Gasteiger partial charge in [-0.2, -0.15) is 10.2 Å². The summed E-state index contributed by atoms with van der Waals surface area (Å²) in [5, 5.41) is 16.1. The number of nitrogens with one attached hydrogen (secondary N) is 3. The number of H-pyrrole nitrogens is 3. The minimum Gasteiger partial charge on any atom is -0.492 e. The third-order valence-corrected chi connectivity index (χ3v) is 7.08. The number of aromatic amines is 3. The first-order valence-corrected chi connectivity index (χ1v) is 12.7. The predicted molar refractivity (Wildman–Crippen MR) is 143 cm³/mol. The Balaban J connectivity index is 1.23. The van der Waals surface area contributed by atoms with Gasteiger partial charge < -0.3 is 9.72 Å². The lowest BCUT2D eigenvalue weighted by Gasteiger charge is -2.15. The topological polar surface area (TPSA) is 111 Å². The molecule has 0 spiro atoms. The average Bonchev–Trinajstić information content (AvgIpc) is 3.73. The fraction of sp³-hybridized carbons (Fsp3) is 0.214. The van der Waals surface area contributed by atoms with Crippen LogP contribution in [0, 0.1) is 5.82 Å². The Kier molecular flexibility index (Phi) is 5.58. The molecular formula is C28H25FN8O. The van der Waals surface area contributed by atoms with Gasteiger partial charge in [0, 0.05) is 64.2 Å². The van der Waals surface area contributed by atoms with E-state index in [1.54, 1.807) is 18.6 Å². The summed E-state index contributed by atoms with van der Waals surface area (Å²) in [6.45, 7) is 3.57. The Bertz CT molecular complexity index is 1730. The number of pyridine rings is 2. The second kappa shape index (κ2) is 9.38. The van der Waals surface area contributed by atoms with Crippen molar-refractivity contribution in [3.8, 4) is 39.5 Å². The second-order valence-electron chi connectivity index (χ2n) is 9.56. The monoisotopic (exact) mass is 508 g/mol. The zero-order valence-electron chi connectivity index (χ0n) is 20.5. The van der Waals surface area contributed by atoms with E-state index < -0.39 is 0 Å². The first kappa shape index (κ1) is 22.6. The smallest absolute Gasteiger partial charge is 0.181 e. The van der Waals surface area contributed by atoms with Crippen LogP contribution in [0.2, 0.25) is 0 Å². The van der Waals surface area contributed by atoms with Crippen LogP contribution in [-0.2, 0) is 0 Å². The van der Waals surface area contributed by atoms with Crippen LogP contribution < -0.4 is 4.74 Å². The van der Waals surface area contributed by atoms with Crippen LogP contribution in [0.3, 0.4) is 0 Å². The van der Waals surface area contributed by atoms with Crippen molar-refractivity contribution in [2.75, 3.05) is 26.2 Å². The Hall–Kier alpha value is -4.57. The Morgan fingerprint density at radius 1 is 0.947 bits per heavy atom. The molecule has 5 aromatic heterocycles. The zero-order chi connectivity index (χ0) is 25.5. The maximum atomic E-state index is 14.6. The summed E-state index contributed by atoms with van der Waals surface area (Å²) >= 11 is 0. The molecule has 0 unspecified atom stereocenters. The van der Waals surface area contributed by atoms with Gasteiger partial charge in [-0.15, -0.1) is 0 Å². The Labute approximate surface area is 217 Å². The number of hydrogen-bond donors (Lipinski definition) is 3. The summed E-state index contributed by atoms with van der Waals surface area (Å²) in [4.78, 5) is 14.9. The third kappa shape index (κ3) is 4.18. The highest BCUT2D eigenvalue weighted by molar-refractivity contribution is 6.00. The van der Waals surface area contributed by atoms with Gasteiger partial charge in [-0.05, 0) is 56.3 Å². The van der Waals surface area contributed by atoms with Crippen molar-refractivity contribution in [1.82, 2.24) is 40.2 Å². The average molecular weight is 509 g/mol. The molecule has 0 radical (unpaired) electrons. The van der Waals surface area contributed by atoms with E-state index in [2.05, 4.69) is 40.2 Å². The standard InChI is InChI=1S/C28H25FN8O/c29-20-9-17(10-21(12-20)38-8-7-37-5-1-2-6-37)26-22-13-25(34-24(22)3-4-30-26)27-23-11-18(19-15-32-33-16-19)14-31-28(23)36-35-27/h3-4,9-16,34H,1-2,5-8H2,(H,32,33)(H,31,35,36). The van der Waals surface area contributed by atoms with E-state index in [1.165, 1.54) is 25.0 Å². The normalized spacial score (nSPS) is 14.1. The van der Waals surface area contributed by atoms with Crippen LogP contribution in [0.1, 0.15) is 12.8 Å². The van der Waals surface area contributed by atoms with E-state index in [-0.39, 0.29) is 5.82 Å². The van der Waals surface area contributed by atoms with Crippen molar-refractivity contribution in [2.24, 2.45) is 0 Å². The lowest BCUT2D eigenvalue weighted by Crippen LogP contribution is -2.25. The van der Waals surface area contributed by atoms with E-state index in [0.29, 0.717) is 29.3 Å². The van der Waals surface area contributed by atoms with Crippen LogP contribution >= 0.6 is 0 Å². The molecule has 38 heavy (non-hydrogen) atoms. The summed E-state index contributed by atoms with van der Waals surface area (Å²) in [5.74, 6) is 0.150. The molecular weight excluding hydrogens is 483 g/mol. The number of hydrogen-bond acceptors (Lipinski definition) is 6. The molecule has 6 aromatic rings. The molecule has 0 amide bonds. The van der Waals surface area contributed by atoms with E-state index in [0.717, 1.165) is 58.4 Å². The first-order valence-electron chi connectivity index (χ1n) is 12.7. The molecule has 0 aliphatic carbocycles. The molecule has 1 aliphatic heterocycles. The minimum atomic E-state index is -0.356. The molecule has 1 saturated heterocycles. The number of ether oxygens (including phenoxy) is 1. The highest BCUT2D eigenvalue weighted by Crippen LogP contribution is 2.35. The molecule has 6 heterocycles. The van der Waals surface area contributed by atoms with Crippen molar-refractivity contribution in [2.45, 2.75) is 12.8 Å². The quantitative estimate of drug-likeness (QED) is 0.274. The van der Waals surface area contributed by atoms with E-state index in [9.17, 15) is 4.39 Å². The van der Waals surface area contributed by atoms with Crippen molar-refractivity contribution in [1.29, 1.82) is 0 Å². The number of fused-ring (bicyclic) bond motifs is 2. The molecule has 0 atom stereocenters. The number of benzene rings is 1. The molecule has 9 nitrogen and oxygen atoms in total. The molecule has 1 fully saturated rings. The summed E-state index contributed by atoms with van der Waals surface area (Å²) in [6.07, 6.45) is 9.55. The van der Waals surface area contributed by atoms with Gasteiger partial charge in [-0.25, -0.2) is 9.37 Å². The van der Waals surface area contributed by atoms with Gasteiger partial charge in [0.15, 0.2) is 5.65 Å². The van der Waals surface area contributed by atoms with Crippen LogP contribution in [-0.4, -0.2) is 66.5 Å². The zero-order valence-corrected chi connectivity index (χ0v) is 20.5. The molecule has 0 bridgehead atoms. The summed E-state index contributed by atoms with van der Waals surface area (Å²) in [7, 11) is 0. The molecule has 1 aliphatic rings. The molecule has 10 heteroatoms. The highest BCUT2D eigenvalue weighted by atomic mass is 19.1. The molecule has 7 rings (SSSR count). The van der Waals surface area contributed by atoms with Crippen LogP contribution in [0.4, 0.5) is 4.39 Å². The van der Waals surface area contributed by atoms with Crippen LogP contribution in [0.25, 0.3) is 55.7 Å². The summed E-state index contributed by atoms with van der Waals surface area (Å²) in [5.41, 5.74) is 6.36. The van der Waals surface area contributed by atoms with Gasteiger partial charge in [0.2, 0.25) is 0 Å². The molecule has 0 saturated carbocycles. The highest BCUT2D eigenvalue weighted by Gasteiger charge is 2.17. The van der Waals surface area contributed by atoms with Gasteiger partial charge in [-0.1, -0.05) is 0 Å². The predicted octanol–water partition coefficient (Wildman–Crippen LogP) is 5.17. The Morgan fingerprint density at radius 2 is 1.87 bits per heavy atom. The minimum absolute atomic E-state index is 0.356. The third-order valence-electron chi connectivity index (χ3n) is 7.08. The molecule has 190 valence electrons. The maximum Gasteiger partial charge on any atom is 0.181 e. The van der Waals surface area contributed by atoms with Gasteiger partial charge in [0.25, 0.3) is 0 Å². The summed E-state index contributed by atoms with van der Waals surface area (Å²) in [6, 6.07) is 10.7. The molecule has 3 N–H and O–H groups in total. The SMILES string of the molecule is Fc1cc(OCCN2CCCC2)cc(-c2nccc3[nH]c(-c4[nH]nc5ncc(-c6cn[nH]c6)cc45)cc23)c1. The fourth-order valence-corrected chi connectivity index (χ4v) is 5.17. The Morgan fingerprint density at radius 3 is 2.74 bits per heavy atom. The lowest BCUT2D eigenvalue weighted by atomic mass is 10.1. The van der Waals surface area contributed by atoms with E-state index in [1.807, 2.05) is 30.5 Å². The number of rotatable bonds is 7. The van der Waals surface area contributed by atoms with Gasteiger partial charge >= 0.3 is 0 Å². The van der Waals surface area contributed by atoms with Gasteiger partial charge in [0.05, 0.1) is 23.3 Å². The fourth-order valence-electron chi connectivity index (χ4n) is 5.17. The van der Waals surface area contributed by atoms with Gasteiger partial charge in [0.1, 0.15) is 18.2 Å². The molecule has 1 aromatic carbocycles. The number of aromatic nitrogens is 7. The van der Waals surface area contributed by atoms with Crippen molar-refractivity contribution >= 4 is 21.9 Å². The summed E-state index contributed by atoms with van der Waals surface area (Å²) < 4.78 is 20.6. The van der Waals surface area contributed by atoms with Crippen LogP contribution in [0.5, 0.6) is 5.75 Å². The number of likely N-dealkylation sites (tertiary alicyclic amines) is 1. The first-order chi connectivity index (χ1) is 18.7. The maximum absolute atomic E-state index is 14.6. The van der Waals surface area contributed by atoms with Crippen LogP contribution in [0.15, 0.2) is 61.2 Å².